The Hall–Kier alpha value is -3.50. The zero-order valence-corrected chi connectivity index (χ0v) is 23.5. The zero-order chi connectivity index (χ0) is 29.4. The summed E-state index contributed by atoms with van der Waals surface area (Å²) in [6, 6.07) is 15.2. The largest absolute Gasteiger partial charge is 0.494 e. The van der Waals surface area contributed by atoms with Crippen LogP contribution in [-0.4, -0.2) is 42.2 Å². The lowest BCUT2D eigenvalue weighted by atomic mass is 9.84. The Labute approximate surface area is 246 Å². The van der Waals surface area contributed by atoms with Crippen molar-refractivity contribution in [3.8, 4) is 5.75 Å². The quantitative estimate of drug-likeness (QED) is 0.132. The number of aliphatic hydroxyl groups excluding tert-OH is 1. The number of hydrogen-bond acceptors (Lipinski definition) is 6. The van der Waals surface area contributed by atoms with E-state index >= 15 is 0 Å². The summed E-state index contributed by atoms with van der Waals surface area (Å²) in [5, 5.41) is 9.68. The molecule has 3 N–H and O–H groups in total. The molecule has 0 fully saturated rings. The van der Waals surface area contributed by atoms with Gasteiger partial charge >= 0.3 is 0 Å². The lowest BCUT2D eigenvalue weighted by Crippen LogP contribution is -2.52. The van der Waals surface area contributed by atoms with Gasteiger partial charge < -0.3 is 14.6 Å². The number of benzene rings is 3. The molecule has 3 aromatic carbocycles. The van der Waals surface area contributed by atoms with Gasteiger partial charge in [-0.05, 0) is 60.5 Å². The number of aliphatic imine (C=N–C) groups is 1. The fourth-order valence-electron chi connectivity index (χ4n) is 4.44. The monoisotopic (exact) mass is 603 g/mol. The lowest BCUT2D eigenvalue weighted by Gasteiger charge is -2.30. The molecule has 0 bridgehead atoms. The van der Waals surface area contributed by atoms with Crippen LogP contribution in [0.5, 0.6) is 5.75 Å². The van der Waals surface area contributed by atoms with Gasteiger partial charge in [0.15, 0.2) is 11.6 Å². The van der Waals surface area contributed by atoms with Gasteiger partial charge in [-0.25, -0.2) is 19.2 Å². The Balaban J connectivity index is 1.59. The van der Waals surface area contributed by atoms with Crippen LogP contribution in [0.2, 0.25) is 10.0 Å². The van der Waals surface area contributed by atoms with Gasteiger partial charge in [-0.1, -0.05) is 35.3 Å². The molecule has 0 aliphatic carbocycles. The molecule has 1 aliphatic rings. The highest BCUT2D eigenvalue weighted by Crippen LogP contribution is 2.45. The number of rotatable bonds is 13. The number of hydrazine groups is 1. The second kappa shape index (κ2) is 13.9. The fraction of sp³-hybridized carbons (Fsp3) is 0.267. The third-order valence-corrected chi connectivity index (χ3v) is 6.96. The summed E-state index contributed by atoms with van der Waals surface area (Å²) in [6.45, 7) is 4.42. The number of nitrogens with zero attached hydrogens (tertiary/aromatic N) is 1. The van der Waals surface area contributed by atoms with Crippen molar-refractivity contribution in [3.05, 3.63) is 112 Å². The molecule has 0 saturated heterocycles. The minimum atomic E-state index is -1.50. The number of ether oxygens (including phenoxy) is 2. The average molecular weight is 604 g/mol. The van der Waals surface area contributed by atoms with Crippen molar-refractivity contribution in [2.24, 2.45) is 4.99 Å². The third-order valence-electron chi connectivity index (χ3n) is 6.39. The normalized spacial score (nSPS) is 18.0. The third kappa shape index (κ3) is 7.42. The molecule has 0 saturated carbocycles. The van der Waals surface area contributed by atoms with Crippen molar-refractivity contribution in [1.29, 1.82) is 0 Å². The lowest BCUT2D eigenvalue weighted by molar-refractivity contribution is -0.129. The van der Waals surface area contributed by atoms with Crippen LogP contribution in [0.1, 0.15) is 35.6 Å². The van der Waals surface area contributed by atoms with Crippen LogP contribution in [0, 0.1) is 11.6 Å². The van der Waals surface area contributed by atoms with Crippen molar-refractivity contribution >= 4 is 35.0 Å². The van der Waals surface area contributed by atoms with Crippen LogP contribution in [0.4, 0.5) is 8.78 Å². The van der Waals surface area contributed by atoms with E-state index < -0.39 is 29.2 Å². The fourth-order valence-corrected chi connectivity index (χ4v) is 4.95. The molecule has 4 rings (SSSR count). The Morgan fingerprint density at radius 1 is 1.12 bits per heavy atom. The first kappa shape index (κ1) is 30.5. The van der Waals surface area contributed by atoms with Gasteiger partial charge in [0.25, 0.3) is 5.91 Å². The summed E-state index contributed by atoms with van der Waals surface area (Å²) in [4.78, 5) is 18.6. The number of nitrogens with one attached hydrogen (secondary N) is 2. The van der Waals surface area contributed by atoms with E-state index in [0.29, 0.717) is 45.5 Å². The minimum Gasteiger partial charge on any atom is -0.494 e. The van der Waals surface area contributed by atoms with E-state index in [9.17, 15) is 13.6 Å². The number of carbonyl (C=O) groups excluding carboxylic acids is 1. The van der Waals surface area contributed by atoms with E-state index in [1.54, 1.807) is 48.5 Å². The maximum atomic E-state index is 13.8. The van der Waals surface area contributed by atoms with Gasteiger partial charge in [0, 0.05) is 53.2 Å². The van der Waals surface area contributed by atoms with Crippen LogP contribution in [0.15, 0.2) is 78.3 Å². The molecule has 0 unspecified atom stereocenters. The molecule has 3 aromatic rings. The molecule has 0 spiro atoms. The van der Waals surface area contributed by atoms with E-state index in [4.69, 9.17) is 42.8 Å². The second-order valence-corrected chi connectivity index (χ2v) is 10.2. The molecule has 7 nitrogen and oxygen atoms in total. The van der Waals surface area contributed by atoms with E-state index in [2.05, 4.69) is 17.4 Å². The highest BCUT2D eigenvalue weighted by atomic mass is 35.5. The molecule has 1 aliphatic heterocycles. The molecule has 0 radical (unpaired) electrons. The number of halogens is 4. The van der Waals surface area contributed by atoms with Gasteiger partial charge in [-0.15, -0.1) is 6.58 Å². The molecular weight excluding hydrogens is 575 g/mol. The van der Waals surface area contributed by atoms with Crippen LogP contribution in [-0.2, 0) is 16.0 Å². The molecule has 216 valence electrons. The Bertz CT molecular complexity index is 1400. The highest BCUT2D eigenvalue weighted by Gasteiger charge is 2.53. The Morgan fingerprint density at radius 3 is 2.51 bits per heavy atom. The predicted molar refractivity (Wildman–Crippen MR) is 154 cm³/mol. The topological polar surface area (TPSA) is 92.2 Å². The maximum absolute atomic E-state index is 13.8. The smallest absolute Gasteiger partial charge is 0.266 e. The van der Waals surface area contributed by atoms with E-state index in [-0.39, 0.29) is 31.9 Å². The predicted octanol–water partition coefficient (Wildman–Crippen LogP) is 5.73. The van der Waals surface area contributed by atoms with Gasteiger partial charge in [0.1, 0.15) is 17.4 Å². The summed E-state index contributed by atoms with van der Waals surface area (Å²) in [5.41, 5.74) is 5.54. The maximum Gasteiger partial charge on any atom is 0.266 e. The summed E-state index contributed by atoms with van der Waals surface area (Å²) in [7, 11) is 0. The molecule has 1 heterocycles. The first-order valence-electron chi connectivity index (χ1n) is 12.9. The zero-order valence-electron chi connectivity index (χ0n) is 22.0. The second-order valence-electron chi connectivity index (χ2n) is 9.36. The molecule has 1 amide bonds. The van der Waals surface area contributed by atoms with Crippen molar-refractivity contribution in [3.63, 3.8) is 0 Å². The van der Waals surface area contributed by atoms with Gasteiger partial charge in [0.05, 0.1) is 6.61 Å². The molecular formula is C30H29Cl2F2N3O4. The number of amides is 1. The van der Waals surface area contributed by atoms with Crippen LogP contribution >= 0.6 is 23.2 Å². The minimum absolute atomic E-state index is 0.0308. The van der Waals surface area contributed by atoms with Gasteiger partial charge in [-0.2, -0.15) is 0 Å². The SMILES string of the molecule is C=CC[C@]1(C(=O)NNCCc2cc(F)cc(F)c2)N=C(c2ccc(OCCCO)cc2)O[C@H]1c1ccc(Cl)cc1Cl. The average Bonchev–Trinajstić information content (AvgIpc) is 3.31. The summed E-state index contributed by atoms with van der Waals surface area (Å²) in [5.74, 6) is -1.04. The van der Waals surface area contributed by atoms with Gasteiger partial charge in [-0.3, -0.25) is 10.2 Å². The first-order valence-corrected chi connectivity index (χ1v) is 13.7. The van der Waals surface area contributed by atoms with E-state index in [1.807, 2.05) is 0 Å². The molecule has 11 heteroatoms. The van der Waals surface area contributed by atoms with Crippen molar-refractivity contribution in [2.75, 3.05) is 19.8 Å². The number of aliphatic hydroxyl groups is 1. The van der Waals surface area contributed by atoms with Crippen LogP contribution in [0.25, 0.3) is 0 Å². The molecule has 41 heavy (non-hydrogen) atoms. The molecule has 0 aromatic heterocycles. The summed E-state index contributed by atoms with van der Waals surface area (Å²) >= 11 is 12.7. The summed E-state index contributed by atoms with van der Waals surface area (Å²) in [6.07, 6.45) is 1.51. The number of hydrogen-bond donors (Lipinski definition) is 3. The van der Waals surface area contributed by atoms with E-state index in [0.717, 1.165) is 6.07 Å². The number of carbonyl (C=O) groups is 1. The molecule has 2 atom stereocenters. The van der Waals surface area contributed by atoms with Gasteiger partial charge in [0.2, 0.25) is 5.90 Å². The van der Waals surface area contributed by atoms with Crippen molar-refractivity contribution in [1.82, 2.24) is 10.9 Å². The first-order chi connectivity index (χ1) is 19.8. The van der Waals surface area contributed by atoms with E-state index in [1.165, 1.54) is 12.1 Å². The standard InChI is InChI=1S/C30H29Cl2F2N3O4/c1-2-11-30(29(39)37-35-12-10-19-15-22(33)18-23(34)16-19)27(25-9-6-21(31)17-26(25)32)41-28(36-30)20-4-7-24(8-5-20)40-14-3-13-38/h2,4-9,15-18,27,35,38H,1,3,10-14H2,(H,37,39)/t27-,30-/m0/s1. The van der Waals surface area contributed by atoms with Crippen molar-refractivity contribution < 1.29 is 28.2 Å². The Kier molecular flexibility index (Phi) is 10.3. The van der Waals surface area contributed by atoms with Crippen LogP contribution < -0.4 is 15.6 Å². The highest BCUT2D eigenvalue weighted by molar-refractivity contribution is 6.35. The van der Waals surface area contributed by atoms with Crippen molar-refractivity contribution in [2.45, 2.75) is 30.9 Å². The Morgan fingerprint density at radius 2 is 1.85 bits per heavy atom. The summed E-state index contributed by atoms with van der Waals surface area (Å²) < 4.78 is 39.0. The van der Waals surface area contributed by atoms with Crippen LogP contribution in [0.3, 0.4) is 0 Å².